The highest BCUT2D eigenvalue weighted by Crippen LogP contribution is 2.21. The zero-order valence-electron chi connectivity index (χ0n) is 13.2. The molecule has 5 nitrogen and oxygen atoms in total. The van der Waals surface area contributed by atoms with Crippen LogP contribution >= 0.6 is 11.8 Å². The number of benzene rings is 1. The van der Waals surface area contributed by atoms with Gasteiger partial charge in [0.1, 0.15) is 0 Å². The number of aromatic nitrogens is 1. The van der Waals surface area contributed by atoms with E-state index in [2.05, 4.69) is 16.0 Å². The van der Waals surface area contributed by atoms with Gasteiger partial charge in [-0.3, -0.25) is 14.5 Å². The molecule has 1 aromatic carbocycles. The number of piperidine rings is 1. The van der Waals surface area contributed by atoms with Gasteiger partial charge in [-0.1, -0.05) is 6.07 Å². The Hall–Kier alpha value is -1.79. The second-order valence-electron chi connectivity index (χ2n) is 6.05. The van der Waals surface area contributed by atoms with Crippen molar-refractivity contribution in [3.05, 3.63) is 40.2 Å². The average molecular weight is 331 g/mol. The fourth-order valence-corrected chi connectivity index (χ4v) is 3.58. The summed E-state index contributed by atoms with van der Waals surface area (Å²) in [5.74, 6) is -0.348. The van der Waals surface area contributed by atoms with E-state index >= 15 is 0 Å². The molecule has 0 spiro atoms. The second-order valence-corrected chi connectivity index (χ2v) is 6.93. The van der Waals surface area contributed by atoms with Gasteiger partial charge in [0.05, 0.1) is 5.92 Å². The second kappa shape index (κ2) is 6.76. The highest BCUT2D eigenvalue weighted by atomic mass is 32.2. The summed E-state index contributed by atoms with van der Waals surface area (Å²) in [6.45, 7) is 2.09. The number of carbonyl (C=O) groups excluding carboxylic acids is 1. The highest BCUT2D eigenvalue weighted by molar-refractivity contribution is 7.98. The van der Waals surface area contributed by atoms with Crippen molar-refractivity contribution in [3.63, 3.8) is 0 Å². The Morgan fingerprint density at radius 2 is 2.26 bits per heavy atom. The van der Waals surface area contributed by atoms with Crippen LogP contribution in [0.3, 0.4) is 0 Å². The van der Waals surface area contributed by atoms with E-state index in [1.807, 2.05) is 24.5 Å². The lowest BCUT2D eigenvalue weighted by atomic mass is 9.97. The zero-order valence-corrected chi connectivity index (χ0v) is 14.0. The third-order valence-corrected chi connectivity index (χ3v) is 5.16. The van der Waals surface area contributed by atoms with Crippen LogP contribution in [-0.2, 0) is 11.3 Å². The topological polar surface area (TPSA) is 79.2 Å². The number of aromatic amines is 1. The van der Waals surface area contributed by atoms with E-state index in [9.17, 15) is 9.59 Å². The largest absolute Gasteiger partial charge is 0.369 e. The van der Waals surface area contributed by atoms with Crippen LogP contribution in [0.5, 0.6) is 0 Å². The number of hydrogen-bond donors (Lipinski definition) is 2. The average Bonchev–Trinajstić information content (AvgIpc) is 2.55. The summed E-state index contributed by atoms with van der Waals surface area (Å²) in [7, 11) is 0. The number of H-pyrrole nitrogens is 1. The molecule has 3 rings (SSSR count). The lowest BCUT2D eigenvalue weighted by molar-refractivity contribution is -0.123. The summed E-state index contributed by atoms with van der Waals surface area (Å²) in [4.78, 5) is 30.0. The number of rotatable bonds is 4. The minimum atomic E-state index is -0.244. The number of fused-ring (bicyclic) bond motifs is 1. The van der Waals surface area contributed by atoms with Crippen LogP contribution in [0.15, 0.2) is 34.0 Å². The zero-order chi connectivity index (χ0) is 16.4. The van der Waals surface area contributed by atoms with Crippen LogP contribution in [-0.4, -0.2) is 35.1 Å². The van der Waals surface area contributed by atoms with E-state index in [1.165, 1.54) is 0 Å². The summed E-state index contributed by atoms with van der Waals surface area (Å²) >= 11 is 1.65. The number of pyridine rings is 1. The first-order valence-electron chi connectivity index (χ1n) is 7.78. The molecule has 0 aliphatic carbocycles. The van der Waals surface area contributed by atoms with Crippen molar-refractivity contribution in [2.45, 2.75) is 24.3 Å². The Morgan fingerprint density at radius 1 is 1.43 bits per heavy atom. The fraction of sp³-hybridized carbons (Fsp3) is 0.412. The maximum atomic E-state index is 12.3. The van der Waals surface area contributed by atoms with Crippen molar-refractivity contribution in [3.8, 4) is 0 Å². The summed E-state index contributed by atoms with van der Waals surface area (Å²) in [5.41, 5.74) is 6.96. The number of nitrogens with zero attached hydrogens (tertiary/aromatic N) is 1. The lowest BCUT2D eigenvalue weighted by Crippen LogP contribution is -2.41. The van der Waals surface area contributed by atoms with Crippen molar-refractivity contribution in [1.29, 1.82) is 0 Å². The number of thioether (sulfide) groups is 1. The summed E-state index contributed by atoms with van der Waals surface area (Å²) in [6.07, 6.45) is 3.80. The Morgan fingerprint density at radius 3 is 3.00 bits per heavy atom. The molecule has 3 N–H and O–H groups in total. The van der Waals surface area contributed by atoms with Crippen LogP contribution in [0.2, 0.25) is 0 Å². The molecule has 2 heterocycles. The predicted octanol–water partition coefficient (Wildman–Crippen LogP) is 1.95. The molecule has 23 heavy (non-hydrogen) atoms. The van der Waals surface area contributed by atoms with Gasteiger partial charge in [0.15, 0.2) is 0 Å². The smallest absolute Gasteiger partial charge is 0.252 e. The van der Waals surface area contributed by atoms with Gasteiger partial charge < -0.3 is 10.7 Å². The van der Waals surface area contributed by atoms with E-state index in [0.29, 0.717) is 13.1 Å². The molecular weight excluding hydrogens is 310 g/mol. The van der Waals surface area contributed by atoms with Crippen molar-refractivity contribution < 1.29 is 4.79 Å². The third kappa shape index (κ3) is 3.59. The SMILES string of the molecule is CSc1ccc2cc(CN3CCC[C@H](C(N)=O)C3)c(=O)[nH]c2c1. The minimum absolute atomic E-state index is 0.0584. The Kier molecular flexibility index (Phi) is 4.73. The number of carbonyl (C=O) groups is 1. The number of amides is 1. The van der Waals surface area contributed by atoms with Gasteiger partial charge in [0.2, 0.25) is 5.91 Å². The normalized spacial score (nSPS) is 19.1. The first-order valence-corrected chi connectivity index (χ1v) is 9.01. The molecule has 0 saturated carbocycles. The van der Waals surface area contributed by atoms with E-state index in [-0.39, 0.29) is 17.4 Å². The maximum absolute atomic E-state index is 12.3. The third-order valence-electron chi connectivity index (χ3n) is 4.43. The van der Waals surface area contributed by atoms with Crippen LogP contribution in [0.25, 0.3) is 10.9 Å². The summed E-state index contributed by atoms with van der Waals surface area (Å²) in [5, 5.41) is 1.03. The van der Waals surface area contributed by atoms with Crippen molar-refractivity contribution in [2.75, 3.05) is 19.3 Å². The molecule has 1 atom stereocenters. The number of nitrogens with one attached hydrogen (secondary N) is 1. The van der Waals surface area contributed by atoms with Gasteiger partial charge in [-0.2, -0.15) is 0 Å². The lowest BCUT2D eigenvalue weighted by Gasteiger charge is -2.30. The molecule has 122 valence electrons. The number of primary amides is 1. The van der Waals surface area contributed by atoms with Crippen LogP contribution in [0.4, 0.5) is 0 Å². The summed E-state index contributed by atoms with van der Waals surface area (Å²) in [6, 6.07) is 8.03. The molecule has 6 heteroatoms. The van der Waals surface area contributed by atoms with Crippen molar-refractivity contribution >= 4 is 28.6 Å². The molecule has 1 aromatic heterocycles. The van der Waals surface area contributed by atoms with E-state index in [1.54, 1.807) is 11.8 Å². The first kappa shape index (κ1) is 16.1. The molecule has 1 aliphatic rings. The number of hydrogen-bond acceptors (Lipinski definition) is 4. The Bertz CT molecular complexity index is 787. The van der Waals surface area contributed by atoms with Gasteiger partial charge >= 0.3 is 0 Å². The van der Waals surface area contributed by atoms with Crippen molar-refractivity contribution in [2.24, 2.45) is 11.7 Å². The van der Waals surface area contributed by atoms with Gasteiger partial charge in [-0.15, -0.1) is 11.8 Å². The number of nitrogens with two attached hydrogens (primary N) is 1. The van der Waals surface area contributed by atoms with Crippen LogP contribution < -0.4 is 11.3 Å². The Labute approximate surface area is 139 Å². The van der Waals surface area contributed by atoms with E-state index < -0.39 is 0 Å². The van der Waals surface area contributed by atoms with E-state index in [4.69, 9.17) is 5.73 Å². The molecule has 1 aliphatic heterocycles. The molecule has 0 radical (unpaired) electrons. The fourth-order valence-electron chi connectivity index (χ4n) is 3.14. The van der Waals surface area contributed by atoms with Crippen LogP contribution in [0.1, 0.15) is 18.4 Å². The molecule has 0 unspecified atom stereocenters. The standard InChI is InChI=1S/C17H21N3O2S/c1-23-14-5-4-11-7-13(17(22)19-15(11)8-14)10-20-6-2-3-12(9-20)16(18)21/h4-5,7-8,12H,2-3,6,9-10H2,1H3,(H2,18,21)(H,19,22)/t12-/m0/s1. The molecule has 2 aromatic rings. The maximum Gasteiger partial charge on any atom is 0.252 e. The van der Waals surface area contributed by atoms with Gasteiger partial charge in [-0.25, -0.2) is 0 Å². The van der Waals surface area contributed by atoms with Crippen molar-refractivity contribution in [1.82, 2.24) is 9.88 Å². The minimum Gasteiger partial charge on any atom is -0.369 e. The van der Waals surface area contributed by atoms with Crippen LogP contribution in [0, 0.1) is 5.92 Å². The Balaban J connectivity index is 1.84. The highest BCUT2D eigenvalue weighted by Gasteiger charge is 2.24. The quantitative estimate of drug-likeness (QED) is 0.839. The number of likely N-dealkylation sites (tertiary alicyclic amines) is 1. The monoisotopic (exact) mass is 331 g/mol. The molecule has 0 bridgehead atoms. The molecular formula is C17H21N3O2S. The van der Waals surface area contributed by atoms with E-state index in [0.717, 1.165) is 40.7 Å². The molecule has 1 saturated heterocycles. The molecule has 1 amide bonds. The van der Waals surface area contributed by atoms with Gasteiger partial charge in [-0.05, 0) is 49.2 Å². The predicted molar refractivity (Wildman–Crippen MR) is 93.5 cm³/mol. The van der Waals surface area contributed by atoms with Gasteiger partial charge in [0, 0.05) is 29.1 Å². The molecule has 1 fully saturated rings. The summed E-state index contributed by atoms with van der Waals surface area (Å²) < 4.78 is 0. The first-order chi connectivity index (χ1) is 11.1. The van der Waals surface area contributed by atoms with Gasteiger partial charge in [0.25, 0.3) is 5.56 Å².